The summed E-state index contributed by atoms with van der Waals surface area (Å²) in [6.07, 6.45) is -0.164. The van der Waals surface area contributed by atoms with E-state index in [1.54, 1.807) is 0 Å². The maximum absolute atomic E-state index is 16.0. The van der Waals surface area contributed by atoms with Gasteiger partial charge in [-0.05, 0) is 33.3 Å². The highest BCUT2D eigenvalue weighted by Gasteiger charge is 2.42. The second-order valence-corrected chi connectivity index (χ2v) is 8.24. The molecule has 0 radical (unpaired) electrons. The maximum atomic E-state index is 16.0. The van der Waals surface area contributed by atoms with Crippen LogP contribution in [0.2, 0.25) is 0 Å². The molecule has 3 heterocycles. The number of nitrogens with zero attached hydrogens (tertiary/aromatic N) is 3. The number of fused-ring (bicyclic) bond motifs is 1. The molecule has 1 aromatic rings. The Kier molecular flexibility index (Phi) is 3.16. The van der Waals surface area contributed by atoms with Crippen molar-refractivity contribution in [3.63, 3.8) is 0 Å². The average molecular weight is 429 g/mol. The summed E-state index contributed by atoms with van der Waals surface area (Å²) >= 11 is 0. The molecule has 3 aliphatic heterocycles. The van der Waals surface area contributed by atoms with Gasteiger partial charge in [-0.25, -0.2) is 8.78 Å². The van der Waals surface area contributed by atoms with Crippen molar-refractivity contribution in [3.05, 3.63) is 28.8 Å². The number of carbonyl (C=O) groups is 3. The molecule has 1 aromatic carbocycles. The minimum atomic E-state index is -3.53. The van der Waals surface area contributed by atoms with Crippen LogP contribution in [0.1, 0.15) is 60.5 Å². The smallest absolute Gasteiger partial charge is 0.255 e. The maximum Gasteiger partial charge on any atom is 0.255 e. The lowest BCUT2D eigenvalue weighted by atomic mass is 10.0. The van der Waals surface area contributed by atoms with Gasteiger partial charge in [-0.15, -0.1) is 0 Å². The SMILES string of the molecule is [2H]C1([2H])N(c2c(F)cc3c(c2F)CN(C2CCC(=O)NC2=O)C3=O)C([2H])([2H])C([2H])([2H])N(C(C)(C)C)C1([2H])[2H]. The lowest BCUT2D eigenvalue weighted by Gasteiger charge is -2.43. The third-order valence-electron chi connectivity index (χ3n) is 5.14. The molecule has 30 heavy (non-hydrogen) atoms. The van der Waals surface area contributed by atoms with Gasteiger partial charge in [0.05, 0.1) is 17.6 Å². The molecule has 3 amide bonds. The molecule has 9 heteroatoms. The number of halogens is 2. The van der Waals surface area contributed by atoms with Gasteiger partial charge in [-0.3, -0.25) is 24.6 Å². The summed E-state index contributed by atoms with van der Waals surface area (Å²) in [6, 6.07) is -0.634. The number of rotatable bonds is 2. The van der Waals surface area contributed by atoms with Gasteiger partial charge in [-0.2, -0.15) is 0 Å². The van der Waals surface area contributed by atoms with Crippen LogP contribution < -0.4 is 10.2 Å². The predicted octanol–water partition coefficient (Wildman–Crippen LogP) is 1.65. The quantitative estimate of drug-likeness (QED) is 0.726. The minimum Gasteiger partial charge on any atom is -0.364 e. The Balaban J connectivity index is 1.87. The van der Waals surface area contributed by atoms with Gasteiger partial charge in [0.2, 0.25) is 11.8 Å². The van der Waals surface area contributed by atoms with Crippen LogP contribution >= 0.6 is 0 Å². The Bertz CT molecular complexity index is 1230. The fourth-order valence-corrected chi connectivity index (χ4v) is 3.53. The second kappa shape index (κ2) is 7.30. The fourth-order valence-electron chi connectivity index (χ4n) is 3.53. The summed E-state index contributed by atoms with van der Waals surface area (Å²) < 4.78 is 99.5. The van der Waals surface area contributed by atoms with Crippen LogP contribution in [0.25, 0.3) is 0 Å². The summed E-state index contributed by atoms with van der Waals surface area (Å²) in [6.45, 7) is -10.2. The molecule has 2 fully saturated rings. The van der Waals surface area contributed by atoms with E-state index in [1.165, 1.54) is 20.8 Å². The first-order valence-electron chi connectivity index (χ1n) is 13.4. The van der Waals surface area contributed by atoms with E-state index in [0.717, 1.165) is 4.90 Å². The third kappa shape index (κ3) is 3.45. The Labute approximate surface area is 185 Å². The van der Waals surface area contributed by atoms with Crippen molar-refractivity contribution < 1.29 is 34.1 Å². The van der Waals surface area contributed by atoms with Crippen molar-refractivity contribution in [1.29, 1.82) is 0 Å². The molecular weight excluding hydrogens is 394 g/mol. The first kappa shape index (κ1) is 13.0. The molecule has 1 atom stereocenters. The molecule has 0 aromatic heterocycles. The number of hydrogen-bond donors (Lipinski definition) is 1. The highest BCUT2D eigenvalue weighted by molar-refractivity contribution is 6.05. The van der Waals surface area contributed by atoms with Crippen molar-refractivity contribution >= 4 is 23.4 Å². The van der Waals surface area contributed by atoms with Crippen LogP contribution in [-0.4, -0.2) is 65.1 Å². The molecule has 0 saturated carbocycles. The summed E-state index contributed by atoms with van der Waals surface area (Å²) in [5.74, 6) is -5.52. The number of amides is 3. The lowest BCUT2D eigenvalue weighted by molar-refractivity contribution is -0.136. The molecule has 162 valence electrons. The van der Waals surface area contributed by atoms with E-state index >= 15 is 8.78 Å². The molecule has 0 bridgehead atoms. The summed E-state index contributed by atoms with van der Waals surface area (Å²) in [5.41, 5.74) is -3.86. The number of benzene rings is 1. The number of imide groups is 1. The van der Waals surface area contributed by atoms with E-state index in [0.29, 0.717) is 11.0 Å². The molecule has 0 aliphatic carbocycles. The van der Waals surface area contributed by atoms with Gasteiger partial charge in [0.25, 0.3) is 5.91 Å². The van der Waals surface area contributed by atoms with E-state index in [2.05, 4.69) is 5.32 Å². The molecule has 1 unspecified atom stereocenters. The second-order valence-electron chi connectivity index (χ2n) is 8.24. The number of nitrogens with one attached hydrogen (secondary N) is 1. The zero-order chi connectivity index (χ0) is 29.0. The van der Waals surface area contributed by atoms with Crippen LogP contribution in [0.4, 0.5) is 14.5 Å². The highest BCUT2D eigenvalue weighted by Crippen LogP contribution is 2.36. The van der Waals surface area contributed by atoms with Gasteiger partial charge < -0.3 is 9.80 Å². The van der Waals surface area contributed by atoms with Crippen molar-refractivity contribution in [3.8, 4) is 0 Å². The van der Waals surface area contributed by atoms with E-state index in [1.807, 2.05) is 0 Å². The predicted molar refractivity (Wildman–Crippen MR) is 106 cm³/mol. The van der Waals surface area contributed by atoms with Gasteiger partial charge in [0.1, 0.15) is 17.5 Å². The van der Waals surface area contributed by atoms with E-state index in [9.17, 15) is 14.4 Å². The summed E-state index contributed by atoms with van der Waals surface area (Å²) in [7, 11) is 0. The van der Waals surface area contributed by atoms with Gasteiger partial charge in [0, 0.05) is 49.0 Å². The van der Waals surface area contributed by atoms with Crippen LogP contribution in [-0.2, 0) is 16.1 Å². The number of hydrogen-bond acceptors (Lipinski definition) is 5. The normalized spacial score (nSPS) is 33.8. The monoisotopic (exact) mass is 428 g/mol. The number of anilines is 1. The highest BCUT2D eigenvalue weighted by atomic mass is 19.1. The standard InChI is InChI=1S/C21H26F2N4O3/c1-21(2,3)26-8-6-25(7-9-26)18-14(22)10-12-13(17(18)23)11-27(20(12)30)15-4-5-16(28)24-19(15)29/h10,15H,4-9,11H2,1-3H3,(H,24,28,29)/i6D2,7D2,8D2,9D2. The molecule has 0 spiro atoms. The Morgan fingerprint density at radius 1 is 1.13 bits per heavy atom. The van der Waals surface area contributed by atoms with E-state index in [-0.39, 0.29) is 17.7 Å². The summed E-state index contributed by atoms with van der Waals surface area (Å²) in [5, 5.41) is 2.06. The third-order valence-corrected chi connectivity index (χ3v) is 5.14. The van der Waals surface area contributed by atoms with Gasteiger partial charge >= 0.3 is 0 Å². The molecule has 2 saturated heterocycles. The number of carbonyl (C=O) groups excluding carboxylic acids is 3. The van der Waals surface area contributed by atoms with Crippen LogP contribution in [0, 0.1) is 11.6 Å². The Morgan fingerprint density at radius 2 is 1.80 bits per heavy atom. The van der Waals surface area contributed by atoms with Gasteiger partial charge in [-0.1, -0.05) is 0 Å². The first-order valence-corrected chi connectivity index (χ1v) is 9.36. The van der Waals surface area contributed by atoms with Crippen molar-refractivity contribution in [2.75, 3.05) is 30.9 Å². The van der Waals surface area contributed by atoms with E-state index in [4.69, 9.17) is 11.0 Å². The zero-order valence-electron chi connectivity index (χ0n) is 24.6. The van der Waals surface area contributed by atoms with Crippen molar-refractivity contribution in [1.82, 2.24) is 15.1 Å². The van der Waals surface area contributed by atoms with Crippen LogP contribution in [0.5, 0.6) is 0 Å². The minimum absolute atomic E-state index is 0.0678. The number of piperidine rings is 1. The van der Waals surface area contributed by atoms with Crippen molar-refractivity contribution in [2.45, 2.75) is 51.7 Å². The number of piperazine rings is 1. The molecule has 4 rings (SSSR count). The average Bonchev–Trinajstić information content (AvgIpc) is 3.04. The Morgan fingerprint density at radius 3 is 2.40 bits per heavy atom. The topological polar surface area (TPSA) is 73.0 Å². The molecule has 7 nitrogen and oxygen atoms in total. The van der Waals surface area contributed by atoms with Crippen molar-refractivity contribution in [2.24, 2.45) is 0 Å². The van der Waals surface area contributed by atoms with Crippen LogP contribution in [0.15, 0.2) is 6.07 Å². The first-order chi connectivity index (χ1) is 17.1. The molecular formula is C21H26F2N4O3. The van der Waals surface area contributed by atoms with E-state index < -0.39 is 90.3 Å². The summed E-state index contributed by atoms with van der Waals surface area (Å²) in [4.78, 5) is 37.8. The zero-order valence-corrected chi connectivity index (χ0v) is 16.6. The largest absolute Gasteiger partial charge is 0.364 e. The lowest BCUT2D eigenvalue weighted by Crippen LogP contribution is -2.53. The Hall–Kier alpha value is -2.55. The molecule has 3 aliphatic rings. The fraction of sp³-hybridized carbons (Fsp3) is 0.571. The molecule has 1 N–H and O–H groups in total. The van der Waals surface area contributed by atoms with Gasteiger partial charge in [0.15, 0.2) is 5.82 Å². The van der Waals surface area contributed by atoms with Crippen LogP contribution in [0.3, 0.4) is 0 Å².